The zero-order chi connectivity index (χ0) is 11.4. The second-order valence-electron chi connectivity index (χ2n) is 4.20. The van der Waals surface area contributed by atoms with Crippen LogP contribution < -0.4 is 5.32 Å². The van der Waals surface area contributed by atoms with Crippen LogP contribution in [0.1, 0.15) is 33.0 Å². The number of halogens is 1. The van der Waals surface area contributed by atoms with Gasteiger partial charge in [0, 0.05) is 13.1 Å². The lowest BCUT2D eigenvalue weighted by Crippen LogP contribution is -2.33. The van der Waals surface area contributed by atoms with Gasteiger partial charge >= 0.3 is 0 Å². The van der Waals surface area contributed by atoms with Crippen LogP contribution in [0.3, 0.4) is 0 Å². The zero-order valence-corrected chi connectivity index (χ0v) is 10.7. The molecule has 0 aliphatic carbocycles. The summed E-state index contributed by atoms with van der Waals surface area (Å²) in [7, 11) is 1.93. The molecule has 1 aromatic rings. The maximum Gasteiger partial charge on any atom is 0.128 e. The number of rotatable bonds is 5. The van der Waals surface area contributed by atoms with Gasteiger partial charge in [0.15, 0.2) is 0 Å². The Labute approximate surface area is 96.8 Å². The summed E-state index contributed by atoms with van der Waals surface area (Å²) in [6.45, 7) is 7.43. The van der Waals surface area contributed by atoms with E-state index in [1.165, 1.54) is 0 Å². The van der Waals surface area contributed by atoms with Gasteiger partial charge in [-0.3, -0.25) is 0 Å². The minimum absolute atomic E-state index is 0.542. The van der Waals surface area contributed by atoms with E-state index in [-0.39, 0.29) is 0 Å². The summed E-state index contributed by atoms with van der Waals surface area (Å²) in [5.41, 5.74) is 0. The van der Waals surface area contributed by atoms with E-state index in [4.69, 9.17) is 11.6 Å². The van der Waals surface area contributed by atoms with Gasteiger partial charge in [0.25, 0.3) is 0 Å². The fourth-order valence-corrected chi connectivity index (χ4v) is 1.81. The van der Waals surface area contributed by atoms with Crippen LogP contribution >= 0.6 is 11.6 Å². The summed E-state index contributed by atoms with van der Waals surface area (Å²) >= 11 is 5.91. The van der Waals surface area contributed by atoms with Crippen molar-refractivity contribution in [2.75, 3.05) is 0 Å². The molecule has 0 aliphatic rings. The average molecular weight is 230 g/mol. The third-order valence-corrected chi connectivity index (χ3v) is 3.15. The molecule has 1 unspecified atom stereocenters. The molecule has 1 rings (SSSR count). The van der Waals surface area contributed by atoms with Crippen molar-refractivity contribution in [1.82, 2.24) is 14.9 Å². The van der Waals surface area contributed by atoms with Gasteiger partial charge in [-0.25, -0.2) is 4.98 Å². The molecule has 0 saturated heterocycles. The summed E-state index contributed by atoms with van der Waals surface area (Å²) in [6.07, 6.45) is 2.82. The van der Waals surface area contributed by atoms with E-state index < -0.39 is 0 Å². The van der Waals surface area contributed by atoms with E-state index in [1.807, 2.05) is 11.6 Å². The molecule has 4 heteroatoms. The van der Waals surface area contributed by atoms with E-state index in [0.717, 1.165) is 18.8 Å². The number of nitrogens with zero attached hydrogens (tertiary/aromatic N) is 2. The van der Waals surface area contributed by atoms with Gasteiger partial charge in [0.1, 0.15) is 11.0 Å². The molecule has 3 nitrogen and oxygen atoms in total. The Morgan fingerprint density at radius 1 is 1.53 bits per heavy atom. The molecule has 0 amide bonds. The van der Waals surface area contributed by atoms with Crippen molar-refractivity contribution in [2.24, 2.45) is 13.0 Å². The normalized spacial score (nSPS) is 13.5. The topological polar surface area (TPSA) is 29.9 Å². The molecule has 1 N–H and O–H groups in total. The van der Waals surface area contributed by atoms with E-state index in [0.29, 0.717) is 17.1 Å². The highest BCUT2D eigenvalue weighted by Crippen LogP contribution is 2.10. The number of imidazole rings is 1. The number of nitrogens with one attached hydrogen (secondary N) is 1. The van der Waals surface area contributed by atoms with Gasteiger partial charge in [-0.05, 0) is 12.3 Å². The summed E-state index contributed by atoms with van der Waals surface area (Å²) in [5.74, 6) is 1.63. The SMILES string of the molecule is CCC(NCc1ncc(Cl)n1C)C(C)C. The molecule has 0 fully saturated rings. The molecule has 0 radical (unpaired) electrons. The van der Waals surface area contributed by atoms with Gasteiger partial charge in [-0.15, -0.1) is 0 Å². The second kappa shape index (κ2) is 5.52. The first-order chi connectivity index (χ1) is 7.06. The Morgan fingerprint density at radius 3 is 2.60 bits per heavy atom. The van der Waals surface area contributed by atoms with Crippen LogP contribution in [0.15, 0.2) is 6.20 Å². The third-order valence-electron chi connectivity index (χ3n) is 2.79. The van der Waals surface area contributed by atoms with Crippen LogP contribution in [0.2, 0.25) is 5.15 Å². The highest BCUT2D eigenvalue weighted by atomic mass is 35.5. The zero-order valence-electron chi connectivity index (χ0n) is 9.92. The first-order valence-corrected chi connectivity index (χ1v) is 5.83. The lowest BCUT2D eigenvalue weighted by molar-refractivity contribution is 0.381. The van der Waals surface area contributed by atoms with Crippen molar-refractivity contribution >= 4 is 11.6 Å². The molecule has 1 aromatic heterocycles. The van der Waals surface area contributed by atoms with Crippen molar-refractivity contribution in [3.05, 3.63) is 17.2 Å². The summed E-state index contributed by atoms with van der Waals surface area (Å²) in [6, 6.07) is 0.542. The molecule has 1 atom stereocenters. The summed E-state index contributed by atoms with van der Waals surface area (Å²) in [4.78, 5) is 4.25. The average Bonchev–Trinajstić information content (AvgIpc) is 2.49. The van der Waals surface area contributed by atoms with Crippen LogP contribution in [0.5, 0.6) is 0 Å². The van der Waals surface area contributed by atoms with E-state index in [2.05, 4.69) is 31.1 Å². The molecule has 0 aromatic carbocycles. The molecule has 15 heavy (non-hydrogen) atoms. The minimum Gasteiger partial charge on any atom is -0.321 e. The highest BCUT2D eigenvalue weighted by Gasteiger charge is 2.11. The van der Waals surface area contributed by atoms with Crippen molar-refractivity contribution in [1.29, 1.82) is 0 Å². The summed E-state index contributed by atoms with van der Waals surface area (Å²) in [5, 5.41) is 4.18. The molecule has 86 valence electrons. The Hall–Kier alpha value is -0.540. The molecule has 0 bridgehead atoms. The number of aromatic nitrogens is 2. The van der Waals surface area contributed by atoms with Crippen molar-refractivity contribution in [3.63, 3.8) is 0 Å². The van der Waals surface area contributed by atoms with Crippen LogP contribution in [-0.2, 0) is 13.6 Å². The quantitative estimate of drug-likeness (QED) is 0.841. The lowest BCUT2D eigenvalue weighted by atomic mass is 10.0. The standard InChI is InChI=1S/C11H20ClN3/c1-5-9(8(2)3)13-7-11-14-6-10(12)15(11)4/h6,8-9,13H,5,7H2,1-4H3. The number of hydrogen-bond donors (Lipinski definition) is 1. The molecule has 0 saturated carbocycles. The van der Waals surface area contributed by atoms with Gasteiger partial charge in [-0.1, -0.05) is 32.4 Å². The number of hydrogen-bond acceptors (Lipinski definition) is 2. The van der Waals surface area contributed by atoms with Gasteiger partial charge in [0.2, 0.25) is 0 Å². The van der Waals surface area contributed by atoms with Gasteiger partial charge in [-0.2, -0.15) is 0 Å². The smallest absolute Gasteiger partial charge is 0.128 e. The van der Waals surface area contributed by atoms with E-state index >= 15 is 0 Å². The Bertz CT molecular complexity index is 307. The largest absolute Gasteiger partial charge is 0.321 e. The monoisotopic (exact) mass is 229 g/mol. The predicted octanol–water partition coefficient (Wildman–Crippen LogP) is 2.60. The van der Waals surface area contributed by atoms with Crippen LogP contribution in [0, 0.1) is 5.92 Å². The first-order valence-electron chi connectivity index (χ1n) is 5.45. The van der Waals surface area contributed by atoms with Crippen molar-refractivity contribution < 1.29 is 0 Å². The molecular weight excluding hydrogens is 210 g/mol. The molecule has 0 spiro atoms. The van der Waals surface area contributed by atoms with Crippen molar-refractivity contribution in [3.8, 4) is 0 Å². The molecular formula is C11H20ClN3. The van der Waals surface area contributed by atoms with Crippen molar-refractivity contribution in [2.45, 2.75) is 39.8 Å². The van der Waals surface area contributed by atoms with Crippen LogP contribution in [-0.4, -0.2) is 15.6 Å². The Kier molecular flexibility index (Phi) is 4.61. The highest BCUT2D eigenvalue weighted by molar-refractivity contribution is 6.29. The fraction of sp³-hybridized carbons (Fsp3) is 0.727. The second-order valence-corrected chi connectivity index (χ2v) is 4.58. The maximum absolute atomic E-state index is 5.91. The van der Waals surface area contributed by atoms with Crippen LogP contribution in [0.25, 0.3) is 0 Å². The van der Waals surface area contributed by atoms with E-state index in [9.17, 15) is 0 Å². The van der Waals surface area contributed by atoms with E-state index in [1.54, 1.807) is 6.20 Å². The lowest BCUT2D eigenvalue weighted by Gasteiger charge is -2.20. The molecule has 1 heterocycles. The third kappa shape index (κ3) is 3.21. The minimum atomic E-state index is 0.542. The predicted molar refractivity (Wildman–Crippen MR) is 64.0 cm³/mol. The summed E-state index contributed by atoms with van der Waals surface area (Å²) < 4.78 is 1.90. The van der Waals surface area contributed by atoms with Crippen LogP contribution in [0.4, 0.5) is 0 Å². The maximum atomic E-state index is 5.91. The Balaban J connectivity index is 2.53. The fourth-order valence-electron chi connectivity index (χ4n) is 1.66. The van der Waals surface area contributed by atoms with Gasteiger partial charge in [0.05, 0.1) is 12.7 Å². The van der Waals surface area contributed by atoms with Gasteiger partial charge < -0.3 is 9.88 Å². The first kappa shape index (κ1) is 12.5. The Morgan fingerprint density at radius 2 is 2.20 bits per heavy atom. The molecule has 0 aliphatic heterocycles.